The monoisotopic (exact) mass is 869 g/mol. The molecule has 3 heterocycles. The highest BCUT2D eigenvalue weighted by Crippen LogP contribution is 2.64. The third-order valence-corrected chi connectivity index (χ3v) is 11.7. The van der Waals surface area contributed by atoms with Crippen LogP contribution in [-0.2, 0) is 30.8 Å². The second-order valence-electron chi connectivity index (χ2n) is 12.8. The first kappa shape index (κ1) is 36.0. The number of amides is 6. The lowest BCUT2D eigenvalue weighted by Gasteiger charge is -2.50. The van der Waals surface area contributed by atoms with E-state index in [2.05, 4.69) is 10.4 Å². The van der Waals surface area contributed by atoms with E-state index in [0.717, 1.165) is 0 Å². The zero-order chi connectivity index (χ0) is 37.6. The molecule has 6 atom stereocenters. The van der Waals surface area contributed by atoms with E-state index in [4.69, 9.17) is 33.7 Å². The van der Waals surface area contributed by atoms with Gasteiger partial charge in [0, 0.05) is 17.1 Å². The summed E-state index contributed by atoms with van der Waals surface area (Å²) in [6, 6.07) is 8.69. The van der Waals surface area contributed by atoms with Gasteiger partial charge in [-0.15, -0.1) is 0 Å². The highest BCUT2D eigenvalue weighted by atomic mass is 127. The Bertz CT molecular complexity index is 2130. The third-order valence-electron chi connectivity index (χ3n) is 10.4. The fraction of sp³-hybridized carbons (Fsp3) is 0.294. The number of hydrogen-bond donors (Lipinski definition) is 3. The predicted octanol–water partition coefficient (Wildman–Crippen LogP) is 5.79. The minimum absolute atomic E-state index is 0.00418. The van der Waals surface area contributed by atoms with Crippen LogP contribution in [0.5, 0.6) is 11.5 Å². The van der Waals surface area contributed by atoms with Gasteiger partial charge in [0.15, 0.2) is 17.3 Å². The molecule has 12 nitrogen and oxygen atoms in total. The van der Waals surface area contributed by atoms with Crippen LogP contribution in [0.25, 0.3) is 0 Å². The van der Waals surface area contributed by atoms with E-state index in [-0.39, 0.29) is 24.3 Å². The van der Waals surface area contributed by atoms with Gasteiger partial charge in [-0.1, -0.05) is 47.0 Å². The minimum Gasteiger partial charge on any atom is -0.504 e. The number of likely N-dealkylation sites (tertiary alicyclic amines) is 1. The van der Waals surface area contributed by atoms with Crippen molar-refractivity contribution < 1.29 is 47.0 Å². The smallest absolute Gasteiger partial charge is 0.417 e. The number of imide groups is 4. The Kier molecular flexibility index (Phi) is 8.72. The number of pyridine rings is 1. The van der Waals surface area contributed by atoms with Crippen molar-refractivity contribution in [1.82, 2.24) is 14.9 Å². The number of primary amides is 1. The molecule has 270 valence electrons. The van der Waals surface area contributed by atoms with Gasteiger partial charge in [-0.05, 0) is 82.8 Å². The second-order valence-corrected chi connectivity index (χ2v) is 14.8. The van der Waals surface area contributed by atoms with Gasteiger partial charge in [0.2, 0.25) is 11.8 Å². The van der Waals surface area contributed by atoms with Crippen LogP contribution < -0.4 is 15.9 Å². The number of urea groups is 1. The molecule has 4 aliphatic rings. The molecule has 3 aromatic rings. The summed E-state index contributed by atoms with van der Waals surface area (Å²) in [4.78, 5) is 73.4. The highest BCUT2D eigenvalue weighted by molar-refractivity contribution is 14.1. The Hall–Kier alpha value is -4.42. The van der Waals surface area contributed by atoms with Crippen molar-refractivity contribution in [2.24, 2.45) is 29.4 Å². The van der Waals surface area contributed by atoms with Crippen LogP contribution in [0.15, 0.2) is 60.3 Å². The number of aromatic hydroxyl groups is 1. The van der Waals surface area contributed by atoms with Crippen LogP contribution in [0.1, 0.15) is 35.4 Å². The van der Waals surface area contributed by atoms with Gasteiger partial charge in [0.25, 0.3) is 11.8 Å². The first-order valence-electron chi connectivity index (χ1n) is 15.6. The molecule has 52 heavy (non-hydrogen) atoms. The lowest BCUT2D eigenvalue weighted by Crippen LogP contribution is -2.53. The zero-order valence-corrected chi connectivity index (χ0v) is 30.2. The summed E-state index contributed by atoms with van der Waals surface area (Å²) < 4.78 is 46.0. The van der Waals surface area contributed by atoms with E-state index in [1.807, 2.05) is 22.6 Å². The number of rotatable bonds is 5. The van der Waals surface area contributed by atoms with Gasteiger partial charge >= 0.3 is 12.2 Å². The first-order valence-corrected chi connectivity index (χ1v) is 17.4. The number of nitrogens with one attached hydrogen (secondary N) is 1. The maximum atomic E-state index is 15.2. The quantitative estimate of drug-likeness (QED) is 0.163. The Balaban J connectivity index is 1.47. The molecule has 0 radical (unpaired) electrons. The van der Waals surface area contributed by atoms with Crippen LogP contribution in [0, 0.1) is 27.2 Å². The number of fused-ring (bicyclic) bond motifs is 4. The lowest BCUT2D eigenvalue weighted by atomic mass is 9.49. The summed E-state index contributed by atoms with van der Waals surface area (Å²) in [6.45, 7) is 0. The molecule has 2 aliphatic heterocycles. The Morgan fingerprint density at radius 3 is 2.38 bits per heavy atom. The number of hydrogen-bond acceptors (Lipinski definition) is 9. The molecule has 4 N–H and O–H groups in total. The van der Waals surface area contributed by atoms with Crippen molar-refractivity contribution in [1.29, 1.82) is 0 Å². The van der Waals surface area contributed by atoms with Crippen LogP contribution in [0.2, 0.25) is 10.0 Å². The zero-order valence-electron chi connectivity index (χ0n) is 26.6. The van der Waals surface area contributed by atoms with Crippen LogP contribution in [0.3, 0.4) is 0 Å². The van der Waals surface area contributed by atoms with E-state index in [0.29, 0.717) is 47.5 Å². The number of carbonyl (C=O) groups is 5. The summed E-state index contributed by atoms with van der Waals surface area (Å²) in [5.41, 5.74) is 6.25. The highest BCUT2D eigenvalue weighted by Gasteiger charge is 2.70. The molecule has 1 aromatic heterocycles. The number of halogens is 6. The average Bonchev–Trinajstić information content (AvgIpc) is 3.47. The molecule has 1 saturated carbocycles. The fourth-order valence-electron chi connectivity index (χ4n) is 8.29. The Morgan fingerprint density at radius 1 is 1.08 bits per heavy atom. The SMILES string of the molecule is COc1cc(C2C3=CCC4C(=O)N(C(N)=O)C(=O)C4C3CC3C(=O)N(Nc4ncc(C(F)(F)F)cc4Cl)C(=O)C32c2ccc(Cl)cc2)cc(I)c1O. The predicted molar refractivity (Wildman–Crippen MR) is 186 cm³/mol. The molecule has 0 spiro atoms. The maximum absolute atomic E-state index is 15.2. The van der Waals surface area contributed by atoms with Gasteiger partial charge in [0.05, 0.1) is 44.4 Å². The second kappa shape index (κ2) is 12.6. The summed E-state index contributed by atoms with van der Waals surface area (Å²) in [7, 11) is 1.33. The third kappa shape index (κ3) is 5.23. The molecule has 7 rings (SSSR count). The van der Waals surface area contributed by atoms with E-state index in [1.165, 1.54) is 25.3 Å². The van der Waals surface area contributed by atoms with Gasteiger partial charge in [-0.2, -0.15) is 23.1 Å². The summed E-state index contributed by atoms with van der Waals surface area (Å²) in [5.74, 6) is -9.13. The fourth-order valence-corrected chi connectivity index (χ4v) is 9.25. The molecule has 18 heteroatoms. The molecule has 0 bridgehead atoms. The number of aromatic nitrogens is 1. The minimum atomic E-state index is -4.77. The van der Waals surface area contributed by atoms with Gasteiger partial charge in [-0.25, -0.2) is 9.78 Å². The largest absolute Gasteiger partial charge is 0.504 e. The Labute approximate surface area is 316 Å². The molecular weight excluding hydrogens is 845 g/mol. The van der Waals surface area contributed by atoms with E-state index in [9.17, 15) is 37.5 Å². The van der Waals surface area contributed by atoms with Gasteiger partial charge in [0.1, 0.15) is 0 Å². The number of allylic oxidation sites excluding steroid dienone is 2. The van der Waals surface area contributed by atoms with Gasteiger partial charge in [-0.3, -0.25) is 24.6 Å². The first-order chi connectivity index (χ1) is 24.5. The molecule has 2 aliphatic carbocycles. The lowest BCUT2D eigenvalue weighted by molar-refractivity contribution is -0.140. The number of carbonyl (C=O) groups excluding carboxylic acids is 5. The van der Waals surface area contributed by atoms with Crippen LogP contribution in [0.4, 0.5) is 23.8 Å². The van der Waals surface area contributed by atoms with Crippen LogP contribution in [-0.4, -0.2) is 56.8 Å². The number of hydrazine groups is 1. The molecular formula is C34H25Cl2F3IN5O7. The van der Waals surface area contributed by atoms with Crippen molar-refractivity contribution in [2.45, 2.75) is 30.4 Å². The van der Waals surface area contributed by atoms with E-state index in [1.54, 1.807) is 24.3 Å². The van der Waals surface area contributed by atoms with Crippen molar-refractivity contribution >= 4 is 81.3 Å². The Morgan fingerprint density at radius 2 is 1.77 bits per heavy atom. The molecule has 2 saturated heterocycles. The molecule has 2 aromatic carbocycles. The standard InChI is InChI=1S/C34H25Cl2F3IN5O7/c1-52-23-9-13(8-22(40)26(23)46)25-17-6-7-18-24(30(49)44(28(18)47)32(41)51)19(17)11-20-29(48)45(31(50)33(20,25)14-2-4-16(35)5-3-14)43-27-21(36)10-15(12-42-27)34(37,38)39/h2-6,8-10,12,18-20,24-25,46H,7,11H2,1H3,(H2,41,51)(H,42,43). The normalized spacial score (nSPS) is 26.9. The average molecular weight is 870 g/mol. The number of phenols is 1. The number of nitrogens with two attached hydrogens (primary N) is 1. The van der Waals surface area contributed by atoms with E-state index >= 15 is 4.79 Å². The molecule has 3 fully saturated rings. The van der Waals surface area contributed by atoms with Crippen molar-refractivity contribution in [2.75, 3.05) is 12.5 Å². The van der Waals surface area contributed by atoms with Crippen molar-refractivity contribution in [3.8, 4) is 11.5 Å². The van der Waals surface area contributed by atoms with Crippen LogP contribution >= 0.6 is 45.8 Å². The number of alkyl halides is 3. The number of phenolic OH excluding ortho intramolecular Hbond substituents is 1. The summed E-state index contributed by atoms with van der Waals surface area (Å²) in [6.07, 6.45) is -2.70. The van der Waals surface area contributed by atoms with Crippen molar-refractivity contribution in [3.63, 3.8) is 0 Å². The molecule has 6 amide bonds. The van der Waals surface area contributed by atoms with Crippen molar-refractivity contribution in [3.05, 3.63) is 90.6 Å². The van der Waals surface area contributed by atoms with Gasteiger partial charge < -0.3 is 15.6 Å². The maximum Gasteiger partial charge on any atom is 0.417 e. The number of benzene rings is 2. The number of anilines is 1. The number of methoxy groups -OCH3 is 1. The number of nitrogens with zero attached hydrogens (tertiary/aromatic N) is 3. The summed E-state index contributed by atoms with van der Waals surface area (Å²) >= 11 is 14.4. The van der Waals surface area contributed by atoms with E-state index < -0.39 is 87.2 Å². The topological polar surface area (TPSA) is 172 Å². The summed E-state index contributed by atoms with van der Waals surface area (Å²) in [5, 5.41) is 11.2. The molecule has 6 unspecified atom stereocenters. The number of ether oxygens (including phenoxy) is 1.